The normalized spacial score (nSPS) is 14.3. The summed E-state index contributed by atoms with van der Waals surface area (Å²) in [6.45, 7) is 8.62. The van der Waals surface area contributed by atoms with Gasteiger partial charge in [0.15, 0.2) is 11.2 Å². The van der Waals surface area contributed by atoms with Crippen molar-refractivity contribution in [2.24, 2.45) is 0 Å². The fraction of sp³-hybridized carbons (Fsp3) is 0.286. The van der Waals surface area contributed by atoms with Crippen LogP contribution in [0.3, 0.4) is 0 Å². The van der Waals surface area contributed by atoms with Crippen LogP contribution in [0.5, 0.6) is 0 Å². The largest absolute Gasteiger partial charge is 0.322 e. The first-order valence-electron chi connectivity index (χ1n) is 12.6. The van der Waals surface area contributed by atoms with Gasteiger partial charge in [-0.1, -0.05) is 32.4 Å². The van der Waals surface area contributed by atoms with Crippen LogP contribution >= 0.6 is 22.9 Å². The number of halogens is 1. The molecule has 1 unspecified atom stereocenters. The quantitative estimate of drug-likeness (QED) is 0.246. The fourth-order valence-electron chi connectivity index (χ4n) is 3.72. The van der Waals surface area contributed by atoms with E-state index in [0.717, 1.165) is 33.6 Å². The van der Waals surface area contributed by atoms with Gasteiger partial charge in [-0.3, -0.25) is 14.1 Å². The number of pyridine rings is 1. The molecule has 1 fully saturated rings. The minimum absolute atomic E-state index is 0.234. The molecule has 0 spiro atoms. The Balaban J connectivity index is 0.000000515. The number of carbonyl (C=O) groups excluding carboxylic acids is 1. The molecule has 5 rings (SSSR count). The van der Waals surface area contributed by atoms with Crippen molar-refractivity contribution in [2.45, 2.75) is 27.2 Å². The van der Waals surface area contributed by atoms with Crippen LogP contribution in [0.4, 0.5) is 11.4 Å². The Kier molecular flexibility index (Phi) is 11.7. The maximum atomic E-state index is 12.8. The van der Waals surface area contributed by atoms with Crippen molar-refractivity contribution >= 4 is 61.5 Å². The summed E-state index contributed by atoms with van der Waals surface area (Å²) in [6.07, 6.45) is 2.99. The molecule has 7 nitrogen and oxygen atoms in total. The highest BCUT2D eigenvalue weighted by Gasteiger charge is 2.20. The van der Waals surface area contributed by atoms with Crippen LogP contribution in [0.25, 0.3) is 21.3 Å². The number of benzene rings is 2. The zero-order valence-corrected chi connectivity index (χ0v) is 24.5. The monoisotopic (exact) mass is 571 g/mol. The molecule has 1 amide bonds. The van der Waals surface area contributed by atoms with Crippen LogP contribution in [0.15, 0.2) is 66.2 Å². The Hall–Kier alpha value is -2.82. The van der Waals surface area contributed by atoms with Crippen molar-refractivity contribution in [1.82, 2.24) is 15.0 Å². The second-order valence-electron chi connectivity index (χ2n) is 8.04. The van der Waals surface area contributed by atoms with E-state index in [-0.39, 0.29) is 5.91 Å². The van der Waals surface area contributed by atoms with Gasteiger partial charge < -0.3 is 10.6 Å². The van der Waals surface area contributed by atoms with Crippen LogP contribution in [-0.2, 0) is 11.2 Å². The lowest BCUT2D eigenvalue weighted by Crippen LogP contribution is -2.22. The topological polar surface area (TPSA) is 86.4 Å². The molecule has 1 aliphatic heterocycles. The molecule has 1 saturated heterocycles. The smallest absolute Gasteiger partial charge is 0.255 e. The summed E-state index contributed by atoms with van der Waals surface area (Å²) in [5.41, 5.74) is 3.52. The van der Waals surface area contributed by atoms with Crippen LogP contribution in [0.2, 0.25) is 5.02 Å². The number of aromatic nitrogens is 1. The van der Waals surface area contributed by atoms with Gasteiger partial charge in [0.05, 0.1) is 21.1 Å². The van der Waals surface area contributed by atoms with E-state index in [1.54, 1.807) is 58.2 Å². The van der Waals surface area contributed by atoms with Crippen LogP contribution in [0, 0.1) is 0 Å². The molecule has 4 aromatic rings. The van der Waals surface area contributed by atoms with Crippen molar-refractivity contribution < 1.29 is 9.00 Å². The molecule has 202 valence electrons. The zero-order valence-electron chi connectivity index (χ0n) is 22.1. The van der Waals surface area contributed by atoms with Crippen LogP contribution < -0.4 is 19.7 Å². The molecule has 38 heavy (non-hydrogen) atoms. The third-order valence-electron chi connectivity index (χ3n) is 5.51. The summed E-state index contributed by atoms with van der Waals surface area (Å²) in [5.74, 6) is -0.234. The zero-order chi connectivity index (χ0) is 27.5. The Morgan fingerprint density at radius 3 is 2.55 bits per heavy atom. The summed E-state index contributed by atoms with van der Waals surface area (Å²) in [7, 11) is 1.96. The number of nitrogens with zero attached hydrogens (tertiary/aromatic N) is 2. The van der Waals surface area contributed by atoms with E-state index in [0.29, 0.717) is 29.4 Å². The molecule has 3 N–H and O–H groups in total. The first kappa shape index (κ1) is 29.7. The van der Waals surface area contributed by atoms with E-state index in [4.69, 9.17) is 11.6 Å². The number of rotatable bonds is 6. The highest BCUT2D eigenvalue weighted by molar-refractivity contribution is 7.84. The summed E-state index contributed by atoms with van der Waals surface area (Å²) in [6, 6.07) is 16.4. The first-order chi connectivity index (χ1) is 18.5. The van der Waals surface area contributed by atoms with E-state index in [9.17, 15) is 9.00 Å². The number of thiophene rings is 1. The van der Waals surface area contributed by atoms with Crippen molar-refractivity contribution in [2.75, 3.05) is 36.3 Å². The van der Waals surface area contributed by atoms with E-state index >= 15 is 0 Å². The fourth-order valence-corrected chi connectivity index (χ4v) is 5.82. The summed E-state index contributed by atoms with van der Waals surface area (Å²) in [5, 5.41) is 9.64. The molecule has 3 heterocycles. The third kappa shape index (κ3) is 7.39. The Morgan fingerprint density at radius 2 is 1.92 bits per heavy atom. The number of hydrogen-bond acceptors (Lipinski definition) is 5. The van der Waals surface area contributed by atoms with E-state index in [2.05, 4.69) is 27.3 Å². The number of amides is 1. The predicted octanol–water partition coefficient (Wildman–Crippen LogP) is 6.50. The van der Waals surface area contributed by atoms with Gasteiger partial charge in [0, 0.05) is 36.1 Å². The number of carbonyl (C=O) groups is 1. The summed E-state index contributed by atoms with van der Waals surface area (Å²) < 4.78 is 17.6. The predicted molar refractivity (Wildman–Crippen MR) is 164 cm³/mol. The van der Waals surface area contributed by atoms with Gasteiger partial charge in [-0.25, -0.2) is 8.93 Å². The number of anilines is 2. The van der Waals surface area contributed by atoms with Gasteiger partial charge in [-0.2, -0.15) is 0 Å². The second-order valence-corrected chi connectivity index (χ2v) is 10.6. The molecule has 0 saturated carbocycles. The minimum atomic E-state index is -1.23. The average molecular weight is 572 g/mol. The SMILES string of the molecule is CC.CCCNC.O=C(Nc1ccc(Cl)c(-c2nccc3ccsc23)c1)c1ccc(N2CCNS2=O)cc1. The first-order valence-corrected chi connectivity index (χ1v) is 15.0. The van der Waals surface area contributed by atoms with Crippen LogP contribution in [-0.4, -0.2) is 41.8 Å². The lowest BCUT2D eigenvalue weighted by molar-refractivity contribution is 0.102. The summed E-state index contributed by atoms with van der Waals surface area (Å²) in [4.78, 5) is 17.3. The molecule has 10 heteroatoms. The number of hydrogen-bond donors (Lipinski definition) is 3. The van der Waals surface area contributed by atoms with Gasteiger partial charge >= 0.3 is 0 Å². The average Bonchev–Trinajstić information content (AvgIpc) is 3.61. The highest BCUT2D eigenvalue weighted by atomic mass is 35.5. The second kappa shape index (κ2) is 14.9. The third-order valence-corrected chi connectivity index (χ3v) is 8.02. The Morgan fingerprint density at radius 1 is 1.16 bits per heavy atom. The van der Waals surface area contributed by atoms with Crippen LogP contribution in [0.1, 0.15) is 37.6 Å². The van der Waals surface area contributed by atoms with E-state index < -0.39 is 11.2 Å². The summed E-state index contributed by atoms with van der Waals surface area (Å²) >= 11 is 6.84. The molecule has 2 aromatic heterocycles. The number of nitrogens with one attached hydrogen (secondary N) is 3. The van der Waals surface area contributed by atoms with Gasteiger partial charge in [-0.05, 0) is 85.4 Å². The lowest BCUT2D eigenvalue weighted by Gasteiger charge is -2.15. The van der Waals surface area contributed by atoms with E-state index in [1.165, 1.54) is 6.42 Å². The maximum Gasteiger partial charge on any atom is 0.255 e. The Bertz CT molecular complexity index is 1360. The molecule has 0 aliphatic carbocycles. The van der Waals surface area contributed by atoms with Crippen molar-refractivity contribution in [3.63, 3.8) is 0 Å². The molecule has 1 atom stereocenters. The van der Waals surface area contributed by atoms with Gasteiger partial charge in [0.2, 0.25) is 0 Å². The number of fused-ring (bicyclic) bond motifs is 1. The Labute approximate surface area is 236 Å². The maximum absolute atomic E-state index is 12.8. The lowest BCUT2D eigenvalue weighted by atomic mass is 10.1. The van der Waals surface area contributed by atoms with Gasteiger partial charge in [-0.15, -0.1) is 11.3 Å². The highest BCUT2D eigenvalue weighted by Crippen LogP contribution is 2.36. The molecule has 2 aromatic carbocycles. The van der Waals surface area contributed by atoms with Crippen molar-refractivity contribution in [3.8, 4) is 11.3 Å². The van der Waals surface area contributed by atoms with Crippen molar-refractivity contribution in [3.05, 3.63) is 76.8 Å². The minimum Gasteiger partial charge on any atom is -0.322 e. The van der Waals surface area contributed by atoms with Gasteiger partial charge in [0.25, 0.3) is 5.91 Å². The van der Waals surface area contributed by atoms with Crippen molar-refractivity contribution in [1.29, 1.82) is 0 Å². The van der Waals surface area contributed by atoms with Gasteiger partial charge in [0.1, 0.15) is 0 Å². The standard InChI is InChI=1S/C22H17ClN4O2S2.C4H11N.C2H6/c23-19-6-3-16(13-18(19)20-21-14(7-9-24-20)8-12-30-21)26-22(28)15-1-4-17(5-2-15)27-11-10-25-31(27)29;1-3-4-5-2;1-2/h1-9,12-13,25H,10-11H2,(H,26,28);5H,3-4H2,1-2H3;1-2H3. The molecule has 1 aliphatic rings. The molecule has 0 bridgehead atoms. The molecular formula is C28H34ClN5O2S2. The molecule has 0 radical (unpaired) electrons. The van der Waals surface area contributed by atoms with E-state index in [1.807, 2.05) is 44.5 Å². The molecular weight excluding hydrogens is 538 g/mol.